The Balaban J connectivity index is 2.15. The van der Waals surface area contributed by atoms with Gasteiger partial charge in [-0.2, -0.15) is 0 Å². The summed E-state index contributed by atoms with van der Waals surface area (Å²) in [7, 11) is 0. The van der Waals surface area contributed by atoms with Crippen LogP contribution >= 0.6 is 0 Å². The molecule has 2 rings (SSSR count). The molecule has 0 radical (unpaired) electrons. The zero-order valence-electron chi connectivity index (χ0n) is 5.39. The largest absolute Gasteiger partial charge is 0.313 e. The summed E-state index contributed by atoms with van der Waals surface area (Å²) in [6.07, 6.45) is 3.00. The van der Waals surface area contributed by atoms with E-state index in [4.69, 9.17) is 0 Å². The first-order valence-corrected chi connectivity index (χ1v) is 3.64. The van der Waals surface area contributed by atoms with Crippen molar-refractivity contribution in [3.05, 3.63) is 0 Å². The third-order valence-electron chi connectivity index (χ3n) is 2.46. The topological polar surface area (TPSA) is 29.1 Å². The number of nitrogens with one attached hydrogen (secondary N) is 1. The number of hydrogen-bond acceptors (Lipinski definition) is 2. The summed E-state index contributed by atoms with van der Waals surface area (Å²) in [5.41, 5.74) is 0. The van der Waals surface area contributed by atoms with E-state index in [9.17, 15) is 4.79 Å². The van der Waals surface area contributed by atoms with E-state index < -0.39 is 0 Å². The lowest BCUT2D eigenvalue weighted by atomic mass is 10.0. The van der Waals surface area contributed by atoms with Gasteiger partial charge in [-0.1, -0.05) is 0 Å². The zero-order chi connectivity index (χ0) is 6.27. The Hall–Kier alpha value is -0.370. The smallest absolute Gasteiger partial charge is 0.137 e. The fourth-order valence-electron chi connectivity index (χ4n) is 1.94. The maximum Gasteiger partial charge on any atom is 0.137 e. The van der Waals surface area contributed by atoms with Crippen LogP contribution < -0.4 is 5.32 Å². The van der Waals surface area contributed by atoms with E-state index in [1.807, 2.05) is 0 Å². The summed E-state index contributed by atoms with van der Waals surface area (Å²) >= 11 is 0. The molecule has 0 spiro atoms. The number of Topliss-reactive ketones (excluding diaryl/α,β-unsaturated/α-hetero) is 1. The van der Waals surface area contributed by atoms with Gasteiger partial charge in [0.25, 0.3) is 0 Å². The summed E-state index contributed by atoms with van der Waals surface area (Å²) in [6, 6.07) is 0.553. The van der Waals surface area contributed by atoms with Gasteiger partial charge in [0.05, 0.1) is 0 Å². The molecule has 1 saturated heterocycles. The molecular formula is C7H11NO. The predicted molar refractivity (Wildman–Crippen MR) is 34.1 cm³/mol. The van der Waals surface area contributed by atoms with Crippen molar-refractivity contribution in [2.75, 3.05) is 6.54 Å². The van der Waals surface area contributed by atoms with Crippen molar-refractivity contribution < 1.29 is 4.79 Å². The van der Waals surface area contributed by atoms with Gasteiger partial charge in [-0.25, -0.2) is 0 Å². The van der Waals surface area contributed by atoms with Crippen molar-refractivity contribution in [3.8, 4) is 0 Å². The van der Waals surface area contributed by atoms with Crippen molar-refractivity contribution in [3.63, 3.8) is 0 Å². The summed E-state index contributed by atoms with van der Waals surface area (Å²) in [5, 5.41) is 3.33. The molecular weight excluding hydrogens is 114 g/mol. The molecule has 0 aromatic heterocycles. The Morgan fingerprint density at radius 3 is 3.11 bits per heavy atom. The van der Waals surface area contributed by atoms with Crippen LogP contribution in [0.15, 0.2) is 0 Å². The third-order valence-corrected chi connectivity index (χ3v) is 2.46. The van der Waals surface area contributed by atoms with Gasteiger partial charge in [-0.05, 0) is 19.4 Å². The number of fused-ring (bicyclic) bond motifs is 1. The minimum atomic E-state index is 0.394. The summed E-state index contributed by atoms with van der Waals surface area (Å²) in [5.74, 6) is 0.884. The molecule has 0 unspecified atom stereocenters. The van der Waals surface area contributed by atoms with E-state index in [0.717, 1.165) is 25.8 Å². The molecule has 1 aliphatic heterocycles. The molecule has 2 fully saturated rings. The average molecular weight is 125 g/mol. The van der Waals surface area contributed by atoms with E-state index in [0.29, 0.717) is 17.7 Å². The van der Waals surface area contributed by atoms with Crippen molar-refractivity contribution in [2.24, 2.45) is 5.92 Å². The van der Waals surface area contributed by atoms with E-state index >= 15 is 0 Å². The van der Waals surface area contributed by atoms with Gasteiger partial charge in [-0.3, -0.25) is 4.79 Å². The van der Waals surface area contributed by atoms with E-state index in [1.165, 1.54) is 0 Å². The lowest BCUT2D eigenvalue weighted by Crippen LogP contribution is -2.23. The fraction of sp³-hybridized carbons (Fsp3) is 0.857. The Morgan fingerprint density at radius 2 is 2.33 bits per heavy atom. The van der Waals surface area contributed by atoms with Gasteiger partial charge in [0.2, 0.25) is 0 Å². The molecule has 0 aromatic carbocycles. The normalized spacial score (nSPS) is 41.6. The minimum absolute atomic E-state index is 0.394. The maximum atomic E-state index is 11.0. The number of carbonyl (C=O) groups excluding carboxylic acids is 1. The van der Waals surface area contributed by atoms with Gasteiger partial charge < -0.3 is 5.32 Å². The molecule has 0 bridgehead atoms. The number of ketones is 1. The first-order chi connectivity index (χ1) is 4.38. The van der Waals surface area contributed by atoms with Crippen LogP contribution in [0.3, 0.4) is 0 Å². The molecule has 1 aliphatic carbocycles. The number of carbonyl (C=O) groups is 1. The van der Waals surface area contributed by atoms with Crippen LogP contribution in [0.5, 0.6) is 0 Å². The van der Waals surface area contributed by atoms with Crippen LogP contribution in [-0.2, 0) is 4.79 Å². The fourth-order valence-corrected chi connectivity index (χ4v) is 1.94. The highest BCUT2D eigenvalue weighted by Crippen LogP contribution is 2.28. The molecule has 9 heavy (non-hydrogen) atoms. The Morgan fingerprint density at radius 1 is 1.44 bits per heavy atom. The number of rotatable bonds is 0. The lowest BCUT2D eigenvalue weighted by Gasteiger charge is -2.04. The first kappa shape index (κ1) is 5.42. The van der Waals surface area contributed by atoms with Gasteiger partial charge in [-0.15, -0.1) is 0 Å². The zero-order valence-corrected chi connectivity index (χ0v) is 5.39. The van der Waals surface area contributed by atoms with Gasteiger partial charge >= 0.3 is 0 Å². The second-order valence-electron chi connectivity index (χ2n) is 2.96. The average Bonchev–Trinajstić information content (AvgIpc) is 2.35. The lowest BCUT2D eigenvalue weighted by molar-refractivity contribution is -0.120. The number of hydrogen-bond donors (Lipinski definition) is 1. The van der Waals surface area contributed by atoms with E-state index in [2.05, 4.69) is 5.32 Å². The minimum Gasteiger partial charge on any atom is -0.313 e. The Bertz CT molecular complexity index is 144. The molecule has 0 amide bonds. The Labute approximate surface area is 54.6 Å². The second kappa shape index (κ2) is 1.81. The monoisotopic (exact) mass is 125 g/mol. The highest BCUT2D eigenvalue weighted by molar-refractivity contribution is 5.84. The van der Waals surface area contributed by atoms with E-state index in [1.54, 1.807) is 0 Å². The standard InChI is InChI=1S/C7H11NO/c9-7-2-1-6-5(7)3-4-8-6/h5-6,8H,1-4H2/t5-,6-/m1/s1. The van der Waals surface area contributed by atoms with E-state index in [-0.39, 0.29) is 0 Å². The quantitative estimate of drug-likeness (QED) is 0.505. The van der Waals surface area contributed by atoms with Crippen LogP contribution in [-0.4, -0.2) is 18.4 Å². The highest BCUT2D eigenvalue weighted by atomic mass is 16.1. The molecule has 2 atom stereocenters. The molecule has 0 aromatic rings. The van der Waals surface area contributed by atoms with Crippen LogP contribution in [0.25, 0.3) is 0 Å². The second-order valence-corrected chi connectivity index (χ2v) is 2.96. The van der Waals surface area contributed by atoms with Crippen LogP contribution in [0.4, 0.5) is 0 Å². The van der Waals surface area contributed by atoms with Gasteiger partial charge in [0.1, 0.15) is 5.78 Å². The van der Waals surface area contributed by atoms with Crippen LogP contribution in [0.2, 0.25) is 0 Å². The maximum absolute atomic E-state index is 11.0. The van der Waals surface area contributed by atoms with Crippen molar-refractivity contribution in [1.82, 2.24) is 5.32 Å². The summed E-state index contributed by atoms with van der Waals surface area (Å²) in [4.78, 5) is 11.0. The molecule has 50 valence electrons. The summed E-state index contributed by atoms with van der Waals surface area (Å²) < 4.78 is 0. The highest BCUT2D eigenvalue weighted by Gasteiger charge is 2.37. The molecule has 1 saturated carbocycles. The van der Waals surface area contributed by atoms with Crippen molar-refractivity contribution in [1.29, 1.82) is 0 Å². The first-order valence-electron chi connectivity index (χ1n) is 3.64. The molecule has 2 aliphatic rings. The van der Waals surface area contributed by atoms with Crippen LogP contribution in [0, 0.1) is 5.92 Å². The van der Waals surface area contributed by atoms with Gasteiger partial charge in [0.15, 0.2) is 0 Å². The molecule has 2 heteroatoms. The summed E-state index contributed by atoms with van der Waals surface area (Å²) in [6.45, 7) is 1.06. The third kappa shape index (κ3) is 0.697. The predicted octanol–water partition coefficient (Wildman–Crippen LogP) is 0.327. The SMILES string of the molecule is O=C1CC[C@H]2NCC[C@@H]12. The van der Waals surface area contributed by atoms with Gasteiger partial charge in [0, 0.05) is 18.4 Å². The van der Waals surface area contributed by atoms with Crippen molar-refractivity contribution in [2.45, 2.75) is 25.3 Å². The van der Waals surface area contributed by atoms with Crippen molar-refractivity contribution >= 4 is 5.78 Å². The Kier molecular flexibility index (Phi) is 1.09. The van der Waals surface area contributed by atoms with Crippen LogP contribution in [0.1, 0.15) is 19.3 Å². The molecule has 1 heterocycles. The molecule has 2 nitrogen and oxygen atoms in total. The molecule has 1 N–H and O–H groups in total.